The third-order valence-electron chi connectivity index (χ3n) is 7.15. The molecule has 1 saturated carbocycles. The average molecular weight is 488 g/mol. The van der Waals surface area contributed by atoms with E-state index in [0.29, 0.717) is 24.1 Å². The molecule has 2 aliphatic rings. The van der Waals surface area contributed by atoms with Crippen LogP contribution in [0.3, 0.4) is 0 Å². The van der Waals surface area contributed by atoms with Gasteiger partial charge in [0.25, 0.3) is 0 Å². The number of hydrogen-bond acceptors (Lipinski definition) is 3. The first-order valence-corrected chi connectivity index (χ1v) is 13.0. The molecule has 5 rings (SSSR count). The molecule has 1 aliphatic carbocycles. The minimum atomic E-state index is -0.0641. The van der Waals surface area contributed by atoms with Gasteiger partial charge in [0.1, 0.15) is 0 Å². The summed E-state index contributed by atoms with van der Waals surface area (Å²) in [5, 5.41) is 7.18. The number of nitrogens with one attached hydrogen (secondary N) is 2. The summed E-state index contributed by atoms with van der Waals surface area (Å²) in [7, 11) is 0. The number of hydrogen-bond donors (Lipinski definition) is 2. The van der Waals surface area contributed by atoms with E-state index in [9.17, 15) is 4.79 Å². The highest BCUT2D eigenvalue weighted by atomic mass is 32.1. The van der Waals surface area contributed by atoms with Crippen molar-refractivity contribution in [3.63, 3.8) is 0 Å². The average Bonchev–Trinajstić information content (AvgIpc) is 3.48. The normalized spacial score (nSPS) is 20.6. The molecule has 6 nitrogen and oxygen atoms in total. The van der Waals surface area contributed by atoms with E-state index in [0.717, 1.165) is 16.9 Å². The van der Waals surface area contributed by atoms with Crippen LogP contribution >= 0.6 is 12.2 Å². The van der Waals surface area contributed by atoms with Crippen LogP contribution in [0, 0.1) is 6.92 Å². The van der Waals surface area contributed by atoms with Crippen LogP contribution in [0.25, 0.3) is 0 Å². The summed E-state index contributed by atoms with van der Waals surface area (Å²) >= 11 is 5.77. The first-order valence-electron chi connectivity index (χ1n) is 12.6. The van der Waals surface area contributed by atoms with Crippen LogP contribution in [-0.4, -0.2) is 32.0 Å². The molecule has 0 bridgehead atoms. The molecular weight excluding hydrogens is 454 g/mol. The minimum absolute atomic E-state index is 0.0155. The van der Waals surface area contributed by atoms with Crippen LogP contribution < -0.4 is 10.6 Å². The maximum absolute atomic E-state index is 12.8. The maximum Gasteiger partial charge on any atom is 0.226 e. The Morgan fingerprint density at radius 1 is 1.14 bits per heavy atom. The number of amides is 1. The summed E-state index contributed by atoms with van der Waals surface area (Å²) in [5.41, 5.74) is 4.10. The lowest BCUT2D eigenvalue weighted by molar-refractivity contribution is -0.116. The summed E-state index contributed by atoms with van der Waals surface area (Å²) in [6, 6.07) is 16.5. The van der Waals surface area contributed by atoms with Gasteiger partial charge in [0.2, 0.25) is 5.91 Å². The number of nitrogens with zero attached hydrogens (tertiary/aromatic N) is 3. The molecule has 1 amide bonds. The fourth-order valence-electron chi connectivity index (χ4n) is 5.39. The largest absolute Gasteiger partial charge is 0.352 e. The van der Waals surface area contributed by atoms with Crippen molar-refractivity contribution in [2.24, 2.45) is 0 Å². The predicted molar refractivity (Wildman–Crippen MR) is 143 cm³/mol. The molecule has 2 fully saturated rings. The molecule has 1 aliphatic heterocycles. The van der Waals surface area contributed by atoms with Crippen molar-refractivity contribution < 1.29 is 4.79 Å². The van der Waals surface area contributed by atoms with Crippen molar-refractivity contribution in [3.8, 4) is 0 Å². The molecule has 2 N–H and O–H groups in total. The highest BCUT2D eigenvalue weighted by Gasteiger charge is 2.40. The Labute approximate surface area is 212 Å². The number of aromatic nitrogens is 2. The molecule has 1 saturated heterocycles. The van der Waals surface area contributed by atoms with Gasteiger partial charge in [0.15, 0.2) is 5.11 Å². The number of anilines is 1. The van der Waals surface area contributed by atoms with Crippen LogP contribution in [0.15, 0.2) is 67.1 Å². The van der Waals surface area contributed by atoms with E-state index in [1.165, 1.54) is 37.7 Å². The molecule has 0 unspecified atom stereocenters. The van der Waals surface area contributed by atoms with Crippen molar-refractivity contribution in [2.75, 3.05) is 11.9 Å². The summed E-state index contributed by atoms with van der Waals surface area (Å²) in [6.07, 6.45) is 13.1. The van der Waals surface area contributed by atoms with Crippen molar-refractivity contribution in [2.45, 2.75) is 63.6 Å². The van der Waals surface area contributed by atoms with Gasteiger partial charge in [-0.15, -0.1) is 0 Å². The molecule has 3 aromatic rings. The van der Waals surface area contributed by atoms with Crippen LogP contribution in [-0.2, 0) is 4.79 Å². The molecular formula is C28H33N5OS. The van der Waals surface area contributed by atoms with E-state index >= 15 is 0 Å². The van der Waals surface area contributed by atoms with E-state index in [1.54, 1.807) is 0 Å². The number of benzene rings is 1. The molecule has 0 radical (unpaired) electrons. The Hall–Kier alpha value is -3.19. The summed E-state index contributed by atoms with van der Waals surface area (Å²) in [6.45, 7) is 2.55. The van der Waals surface area contributed by atoms with Gasteiger partial charge in [0.05, 0.1) is 17.8 Å². The smallest absolute Gasteiger partial charge is 0.226 e. The van der Waals surface area contributed by atoms with Crippen molar-refractivity contribution in [1.29, 1.82) is 0 Å². The minimum Gasteiger partial charge on any atom is -0.352 e. The summed E-state index contributed by atoms with van der Waals surface area (Å²) in [5.74, 6) is -0.0155. The summed E-state index contributed by atoms with van der Waals surface area (Å²) < 4.78 is 2.38. The van der Waals surface area contributed by atoms with Gasteiger partial charge in [-0.25, -0.2) is 0 Å². The maximum atomic E-state index is 12.8. The van der Waals surface area contributed by atoms with E-state index in [4.69, 9.17) is 12.2 Å². The molecule has 3 heterocycles. The van der Waals surface area contributed by atoms with Crippen molar-refractivity contribution in [1.82, 2.24) is 19.8 Å². The lowest BCUT2D eigenvalue weighted by atomic mass is 9.95. The van der Waals surface area contributed by atoms with Gasteiger partial charge in [-0.1, -0.05) is 37.5 Å². The molecule has 35 heavy (non-hydrogen) atoms. The van der Waals surface area contributed by atoms with E-state index in [1.807, 2.05) is 55.6 Å². The lowest BCUT2D eigenvalue weighted by Crippen LogP contribution is -2.32. The topological polar surface area (TPSA) is 62.2 Å². The Kier molecular flexibility index (Phi) is 7.13. The number of carbonyl (C=O) groups excluding carboxylic acids is 1. The fraction of sp³-hybridized carbons (Fsp3) is 0.393. The molecule has 1 aromatic carbocycles. The second-order valence-corrected chi connectivity index (χ2v) is 10.1. The monoisotopic (exact) mass is 487 g/mol. The second kappa shape index (κ2) is 10.6. The third kappa shape index (κ3) is 5.40. The zero-order valence-electron chi connectivity index (χ0n) is 20.2. The van der Waals surface area contributed by atoms with Crippen molar-refractivity contribution >= 4 is 28.9 Å². The van der Waals surface area contributed by atoms with E-state index < -0.39 is 0 Å². The molecule has 182 valence electrons. The number of thiocarbonyl (C=S) groups is 1. The van der Waals surface area contributed by atoms with Crippen LogP contribution in [0.2, 0.25) is 0 Å². The van der Waals surface area contributed by atoms with E-state index in [-0.39, 0.29) is 18.0 Å². The van der Waals surface area contributed by atoms with Gasteiger partial charge in [-0.05, 0) is 73.4 Å². The highest BCUT2D eigenvalue weighted by molar-refractivity contribution is 7.80. The van der Waals surface area contributed by atoms with Gasteiger partial charge < -0.3 is 20.1 Å². The number of rotatable bonds is 7. The summed E-state index contributed by atoms with van der Waals surface area (Å²) in [4.78, 5) is 19.6. The Morgan fingerprint density at radius 3 is 2.77 bits per heavy atom. The predicted octanol–water partition coefficient (Wildman–Crippen LogP) is 5.70. The Balaban J connectivity index is 1.35. The molecule has 2 atom stereocenters. The SMILES string of the molecule is Cc1cccc(NC(=O)CCN2C(=S)N[C@@H](c3ccccn3)[C@@H]2c2ccn(C3CCCCC3)c2)c1. The Bertz CT molecular complexity index is 1170. The fourth-order valence-corrected chi connectivity index (χ4v) is 5.72. The zero-order chi connectivity index (χ0) is 24.2. The number of carbonyl (C=O) groups is 1. The first kappa shape index (κ1) is 23.5. The third-order valence-corrected chi connectivity index (χ3v) is 7.51. The van der Waals surface area contributed by atoms with Gasteiger partial charge in [0, 0.05) is 43.3 Å². The number of pyridine rings is 1. The molecule has 7 heteroatoms. The van der Waals surface area contributed by atoms with Gasteiger partial charge >= 0.3 is 0 Å². The number of aryl methyl sites for hydroxylation is 1. The van der Waals surface area contributed by atoms with Crippen LogP contribution in [0.1, 0.15) is 73.5 Å². The second-order valence-electron chi connectivity index (χ2n) is 9.67. The van der Waals surface area contributed by atoms with Crippen molar-refractivity contribution in [3.05, 3.63) is 83.9 Å². The highest BCUT2D eigenvalue weighted by Crippen LogP contribution is 2.39. The van der Waals surface area contributed by atoms with Gasteiger partial charge in [-0.2, -0.15) is 0 Å². The van der Waals surface area contributed by atoms with E-state index in [2.05, 4.69) is 43.5 Å². The standard InChI is InChI=1S/C28H33N5OS/c1-20-8-7-9-22(18-20)30-25(34)14-17-33-27(26(31-28(33)35)24-12-5-6-15-29-24)21-13-16-32(19-21)23-10-3-2-4-11-23/h5-9,12-13,15-16,18-19,23,26-27H,2-4,10-11,14,17H2,1H3,(H,30,34)(H,31,35)/t26-,27-/m0/s1. The first-order chi connectivity index (χ1) is 17.1. The molecule has 0 spiro atoms. The van der Waals surface area contributed by atoms with Crippen LogP contribution in [0.4, 0.5) is 5.69 Å². The quantitative estimate of drug-likeness (QED) is 0.419. The zero-order valence-corrected chi connectivity index (χ0v) is 21.0. The van der Waals surface area contributed by atoms with Crippen LogP contribution in [0.5, 0.6) is 0 Å². The molecule has 2 aromatic heterocycles. The Morgan fingerprint density at radius 2 is 2.00 bits per heavy atom. The lowest BCUT2D eigenvalue weighted by Gasteiger charge is -2.27. The van der Waals surface area contributed by atoms with Gasteiger partial charge in [-0.3, -0.25) is 9.78 Å².